The molecule has 0 spiro atoms. The Morgan fingerprint density at radius 1 is 1.00 bits per heavy atom. The number of benzene rings is 2. The molecule has 0 saturated carbocycles. The van der Waals surface area contributed by atoms with Gasteiger partial charge >= 0.3 is 0 Å². The zero-order chi connectivity index (χ0) is 14.7. The van der Waals surface area contributed by atoms with E-state index in [4.69, 9.17) is 4.74 Å². The monoisotopic (exact) mass is 280 g/mol. The molecule has 108 valence electrons. The minimum atomic E-state index is 0.582. The molecule has 0 atom stereocenters. The van der Waals surface area contributed by atoms with E-state index in [1.165, 1.54) is 0 Å². The quantitative estimate of drug-likeness (QED) is 0.712. The maximum atomic E-state index is 6.09. The van der Waals surface area contributed by atoms with Crippen molar-refractivity contribution < 1.29 is 4.74 Å². The van der Waals surface area contributed by atoms with E-state index in [1.54, 1.807) is 0 Å². The van der Waals surface area contributed by atoms with Crippen molar-refractivity contribution in [2.75, 3.05) is 20.3 Å². The maximum Gasteiger partial charge on any atom is 0.154 e. The highest BCUT2D eigenvalue weighted by Crippen LogP contribution is 2.36. The molecule has 3 nitrogen and oxygen atoms in total. The molecule has 0 bridgehead atoms. The summed E-state index contributed by atoms with van der Waals surface area (Å²) in [6.07, 6.45) is 0. The first-order chi connectivity index (χ1) is 10.3. The minimum Gasteiger partial charge on any atom is -0.475 e. The summed E-state index contributed by atoms with van der Waals surface area (Å²) in [5.74, 6) is 0.928. The van der Waals surface area contributed by atoms with E-state index in [0.29, 0.717) is 6.73 Å². The molecular weight excluding hydrogens is 260 g/mol. The van der Waals surface area contributed by atoms with E-state index in [2.05, 4.69) is 48.1 Å². The number of hydrogen-bond acceptors (Lipinski definition) is 2. The second-order valence-corrected chi connectivity index (χ2v) is 5.19. The van der Waals surface area contributed by atoms with Crippen LogP contribution in [0.3, 0.4) is 0 Å². The molecule has 0 aliphatic heterocycles. The number of rotatable bonds is 5. The van der Waals surface area contributed by atoms with Gasteiger partial charge in [-0.3, -0.25) is 4.90 Å². The second kappa shape index (κ2) is 6.02. The van der Waals surface area contributed by atoms with Crippen LogP contribution in [0.2, 0.25) is 0 Å². The SMILES string of the molecule is CCN(C)COc1c(-c2ccccc2)[nH]c2ccccc12. The van der Waals surface area contributed by atoms with Gasteiger partial charge in [-0.05, 0) is 25.7 Å². The summed E-state index contributed by atoms with van der Waals surface area (Å²) in [5.41, 5.74) is 3.29. The second-order valence-electron chi connectivity index (χ2n) is 5.19. The van der Waals surface area contributed by atoms with Gasteiger partial charge in [-0.15, -0.1) is 0 Å². The van der Waals surface area contributed by atoms with Gasteiger partial charge in [0.05, 0.1) is 5.69 Å². The molecule has 0 amide bonds. The van der Waals surface area contributed by atoms with Crippen LogP contribution in [0.25, 0.3) is 22.2 Å². The summed E-state index contributed by atoms with van der Waals surface area (Å²) < 4.78 is 6.09. The number of fused-ring (bicyclic) bond motifs is 1. The summed E-state index contributed by atoms with van der Waals surface area (Å²) in [5, 5.41) is 1.13. The van der Waals surface area contributed by atoms with Crippen LogP contribution < -0.4 is 4.74 Å². The molecule has 3 aromatic rings. The Labute approximate surface area is 125 Å². The predicted octanol–water partition coefficient (Wildman–Crippen LogP) is 4.12. The van der Waals surface area contributed by atoms with Crippen molar-refractivity contribution in [3.05, 3.63) is 54.6 Å². The number of nitrogens with zero attached hydrogens (tertiary/aromatic N) is 1. The third-order valence-electron chi connectivity index (χ3n) is 3.69. The zero-order valence-electron chi connectivity index (χ0n) is 12.5. The van der Waals surface area contributed by atoms with Crippen LogP contribution in [0.4, 0.5) is 0 Å². The van der Waals surface area contributed by atoms with Crippen molar-refractivity contribution in [1.29, 1.82) is 0 Å². The average molecular weight is 280 g/mol. The van der Waals surface area contributed by atoms with Gasteiger partial charge in [0.15, 0.2) is 5.75 Å². The Hall–Kier alpha value is -2.26. The van der Waals surface area contributed by atoms with Gasteiger partial charge in [0.2, 0.25) is 0 Å². The van der Waals surface area contributed by atoms with Gasteiger partial charge < -0.3 is 9.72 Å². The highest BCUT2D eigenvalue weighted by molar-refractivity contribution is 5.94. The van der Waals surface area contributed by atoms with E-state index in [-0.39, 0.29) is 0 Å². The summed E-state index contributed by atoms with van der Waals surface area (Å²) in [6.45, 7) is 3.66. The molecule has 0 saturated heterocycles. The van der Waals surface area contributed by atoms with Crippen LogP contribution >= 0.6 is 0 Å². The van der Waals surface area contributed by atoms with Gasteiger partial charge in [-0.25, -0.2) is 0 Å². The first kappa shape index (κ1) is 13.7. The number of nitrogens with one attached hydrogen (secondary N) is 1. The summed E-state index contributed by atoms with van der Waals surface area (Å²) in [6, 6.07) is 18.6. The van der Waals surface area contributed by atoms with Gasteiger partial charge in [-0.2, -0.15) is 0 Å². The maximum absolute atomic E-state index is 6.09. The minimum absolute atomic E-state index is 0.582. The van der Waals surface area contributed by atoms with Gasteiger partial charge in [0, 0.05) is 16.5 Å². The molecule has 2 aromatic carbocycles. The third kappa shape index (κ3) is 2.78. The average Bonchev–Trinajstić information content (AvgIpc) is 2.92. The number of aromatic amines is 1. The molecule has 0 radical (unpaired) electrons. The van der Waals surface area contributed by atoms with E-state index >= 15 is 0 Å². The molecule has 1 aromatic heterocycles. The largest absolute Gasteiger partial charge is 0.475 e. The van der Waals surface area contributed by atoms with E-state index in [0.717, 1.165) is 34.5 Å². The van der Waals surface area contributed by atoms with Gasteiger partial charge in [-0.1, -0.05) is 49.4 Å². The summed E-state index contributed by atoms with van der Waals surface area (Å²) >= 11 is 0. The standard InChI is InChI=1S/C18H20N2O/c1-3-20(2)13-21-18-15-11-7-8-12-16(15)19-17(18)14-9-5-4-6-10-14/h4-12,19H,3,13H2,1-2H3. The Bertz CT molecular complexity index is 718. The lowest BCUT2D eigenvalue weighted by Crippen LogP contribution is -2.23. The molecule has 1 N–H and O–H groups in total. The number of H-pyrrole nitrogens is 1. The number of ether oxygens (including phenoxy) is 1. The highest BCUT2D eigenvalue weighted by Gasteiger charge is 2.14. The van der Waals surface area contributed by atoms with Crippen LogP contribution in [0.15, 0.2) is 54.6 Å². The normalized spacial score (nSPS) is 11.2. The zero-order valence-corrected chi connectivity index (χ0v) is 12.5. The van der Waals surface area contributed by atoms with E-state index < -0.39 is 0 Å². The Morgan fingerprint density at radius 3 is 2.48 bits per heavy atom. The topological polar surface area (TPSA) is 28.3 Å². The van der Waals surface area contributed by atoms with Gasteiger partial charge in [0.25, 0.3) is 0 Å². The van der Waals surface area contributed by atoms with Crippen molar-refractivity contribution in [3.8, 4) is 17.0 Å². The summed E-state index contributed by atoms with van der Waals surface area (Å²) in [7, 11) is 2.05. The highest BCUT2D eigenvalue weighted by atomic mass is 16.5. The fourth-order valence-electron chi connectivity index (χ4n) is 2.34. The van der Waals surface area contributed by atoms with Crippen molar-refractivity contribution in [2.24, 2.45) is 0 Å². The van der Waals surface area contributed by atoms with Crippen molar-refractivity contribution in [3.63, 3.8) is 0 Å². The number of para-hydroxylation sites is 1. The van der Waals surface area contributed by atoms with E-state index in [9.17, 15) is 0 Å². The van der Waals surface area contributed by atoms with Crippen LogP contribution in [0, 0.1) is 0 Å². The van der Waals surface area contributed by atoms with Crippen molar-refractivity contribution in [2.45, 2.75) is 6.92 Å². The number of aromatic nitrogens is 1. The van der Waals surface area contributed by atoms with Crippen LogP contribution in [-0.4, -0.2) is 30.2 Å². The molecule has 3 heteroatoms. The molecule has 0 unspecified atom stereocenters. The van der Waals surface area contributed by atoms with E-state index in [1.807, 2.05) is 30.3 Å². The van der Waals surface area contributed by atoms with Crippen LogP contribution in [-0.2, 0) is 0 Å². The lowest BCUT2D eigenvalue weighted by molar-refractivity contribution is 0.161. The Kier molecular flexibility index (Phi) is 3.93. The van der Waals surface area contributed by atoms with Crippen LogP contribution in [0.5, 0.6) is 5.75 Å². The first-order valence-corrected chi connectivity index (χ1v) is 7.27. The summed E-state index contributed by atoms with van der Waals surface area (Å²) in [4.78, 5) is 5.61. The lowest BCUT2D eigenvalue weighted by Gasteiger charge is -2.15. The molecule has 0 aliphatic carbocycles. The molecule has 0 fully saturated rings. The van der Waals surface area contributed by atoms with Gasteiger partial charge in [0.1, 0.15) is 6.73 Å². The molecule has 3 rings (SSSR count). The Morgan fingerprint density at radius 2 is 1.71 bits per heavy atom. The smallest absolute Gasteiger partial charge is 0.154 e. The molecular formula is C18H20N2O. The van der Waals surface area contributed by atoms with Crippen molar-refractivity contribution in [1.82, 2.24) is 9.88 Å². The number of hydrogen-bond donors (Lipinski definition) is 1. The molecule has 1 heterocycles. The third-order valence-corrected chi connectivity index (χ3v) is 3.69. The lowest BCUT2D eigenvalue weighted by atomic mass is 10.1. The first-order valence-electron chi connectivity index (χ1n) is 7.27. The predicted molar refractivity (Wildman–Crippen MR) is 87.5 cm³/mol. The fraction of sp³-hybridized carbons (Fsp3) is 0.222. The molecule has 0 aliphatic rings. The Balaban J connectivity index is 2.06. The van der Waals surface area contributed by atoms with Crippen molar-refractivity contribution >= 4 is 10.9 Å². The van der Waals surface area contributed by atoms with Crippen LogP contribution in [0.1, 0.15) is 6.92 Å². The molecule has 21 heavy (non-hydrogen) atoms. The fourth-order valence-corrected chi connectivity index (χ4v) is 2.34.